The van der Waals surface area contributed by atoms with Gasteiger partial charge in [-0.15, -0.1) is 0 Å². The van der Waals surface area contributed by atoms with Crippen molar-refractivity contribution in [2.45, 2.75) is 26.4 Å². The lowest BCUT2D eigenvalue weighted by Gasteiger charge is -2.28. The van der Waals surface area contributed by atoms with Crippen molar-refractivity contribution in [3.63, 3.8) is 0 Å². The SMILES string of the molecule is CC(C)(C)OC(=O)COc1c(I)cc([SiH]2c3ccccc3Oc3ccccc32)cc1I. The Bertz CT molecular complexity index is 1070. The van der Waals surface area contributed by atoms with Gasteiger partial charge in [-0.3, -0.25) is 0 Å². The Balaban J connectivity index is 1.67. The minimum Gasteiger partial charge on any atom is -0.480 e. The third kappa shape index (κ3) is 5.09. The second-order valence-corrected chi connectivity index (χ2v) is 13.4. The summed E-state index contributed by atoms with van der Waals surface area (Å²) in [6, 6.07) is 21.0. The van der Waals surface area contributed by atoms with E-state index < -0.39 is 14.4 Å². The summed E-state index contributed by atoms with van der Waals surface area (Å²) in [5.74, 6) is 2.23. The van der Waals surface area contributed by atoms with Gasteiger partial charge in [0, 0.05) is 0 Å². The average molecular weight is 656 g/mol. The van der Waals surface area contributed by atoms with Crippen LogP contribution in [0, 0.1) is 7.14 Å². The van der Waals surface area contributed by atoms with E-state index in [1.54, 1.807) is 0 Å². The molecular formula is C24H22I2O4Si. The zero-order valence-corrected chi connectivity index (χ0v) is 22.9. The molecule has 1 aliphatic rings. The van der Waals surface area contributed by atoms with Gasteiger partial charge in [-0.1, -0.05) is 41.6 Å². The van der Waals surface area contributed by atoms with Gasteiger partial charge >= 0.3 is 5.97 Å². The molecule has 1 aliphatic heterocycles. The molecule has 0 bridgehead atoms. The van der Waals surface area contributed by atoms with E-state index in [0.717, 1.165) is 24.4 Å². The van der Waals surface area contributed by atoms with Crippen LogP contribution in [-0.2, 0) is 9.53 Å². The Hall–Kier alpha value is -1.59. The molecule has 3 aromatic carbocycles. The van der Waals surface area contributed by atoms with Crippen LogP contribution in [0.2, 0.25) is 0 Å². The van der Waals surface area contributed by atoms with Gasteiger partial charge in [0.2, 0.25) is 0 Å². The smallest absolute Gasteiger partial charge is 0.344 e. The van der Waals surface area contributed by atoms with Crippen molar-refractivity contribution >= 4 is 75.5 Å². The second kappa shape index (κ2) is 9.11. The van der Waals surface area contributed by atoms with Crippen molar-refractivity contribution in [2.24, 2.45) is 0 Å². The van der Waals surface area contributed by atoms with Gasteiger partial charge in [0.05, 0.1) is 7.14 Å². The van der Waals surface area contributed by atoms with Crippen LogP contribution >= 0.6 is 45.2 Å². The number of benzene rings is 3. The molecule has 31 heavy (non-hydrogen) atoms. The van der Waals surface area contributed by atoms with Crippen molar-refractivity contribution < 1.29 is 19.0 Å². The molecule has 160 valence electrons. The number of hydrogen-bond acceptors (Lipinski definition) is 4. The van der Waals surface area contributed by atoms with Crippen LogP contribution in [0.15, 0.2) is 60.7 Å². The lowest BCUT2D eigenvalue weighted by Crippen LogP contribution is -2.55. The molecule has 0 atom stereocenters. The number of halogens is 2. The Morgan fingerprint density at radius 1 is 0.935 bits per heavy atom. The van der Waals surface area contributed by atoms with E-state index in [2.05, 4.69) is 81.6 Å². The van der Waals surface area contributed by atoms with Gasteiger partial charge in [0.25, 0.3) is 0 Å². The number of hydrogen-bond donors (Lipinski definition) is 0. The number of carbonyl (C=O) groups is 1. The zero-order chi connectivity index (χ0) is 22.2. The standard InChI is InChI=1S/C24H22I2O4Si/c1-24(2,3)30-22(27)14-28-23-16(25)12-15(13-17(23)26)31-20-10-6-4-8-18(20)29-19-9-5-7-11-21(19)31/h4-13,31H,14H2,1-3H3. The fourth-order valence-electron chi connectivity index (χ4n) is 3.66. The summed E-state index contributed by atoms with van der Waals surface area (Å²) in [5, 5.41) is 3.84. The maximum absolute atomic E-state index is 12.1. The summed E-state index contributed by atoms with van der Waals surface area (Å²) in [7, 11) is -1.71. The molecule has 0 aliphatic carbocycles. The number of ether oxygens (including phenoxy) is 3. The molecule has 0 fully saturated rings. The van der Waals surface area contributed by atoms with Gasteiger partial charge in [-0.05, 0) is 101 Å². The first kappa shape index (κ1) is 22.6. The van der Waals surface area contributed by atoms with Crippen molar-refractivity contribution in [2.75, 3.05) is 6.61 Å². The highest BCUT2D eigenvalue weighted by Gasteiger charge is 2.31. The summed E-state index contributed by atoms with van der Waals surface area (Å²) in [4.78, 5) is 12.1. The van der Waals surface area contributed by atoms with Gasteiger partial charge in [0.15, 0.2) is 6.61 Å². The van der Waals surface area contributed by atoms with E-state index in [-0.39, 0.29) is 12.6 Å². The third-order valence-electron chi connectivity index (χ3n) is 4.79. The summed E-state index contributed by atoms with van der Waals surface area (Å²) < 4.78 is 19.4. The monoisotopic (exact) mass is 656 g/mol. The number of esters is 1. The number of rotatable bonds is 4. The average Bonchev–Trinajstić information content (AvgIpc) is 2.70. The summed E-state index contributed by atoms with van der Waals surface area (Å²) >= 11 is 4.58. The molecule has 0 aromatic heterocycles. The molecule has 0 spiro atoms. The first-order valence-corrected chi connectivity index (χ1v) is 13.8. The van der Waals surface area contributed by atoms with Crippen molar-refractivity contribution in [1.29, 1.82) is 0 Å². The molecule has 0 saturated carbocycles. The van der Waals surface area contributed by atoms with Crippen LogP contribution in [0.3, 0.4) is 0 Å². The van der Waals surface area contributed by atoms with Gasteiger partial charge < -0.3 is 14.2 Å². The molecule has 0 amide bonds. The van der Waals surface area contributed by atoms with E-state index in [0.29, 0.717) is 0 Å². The highest BCUT2D eigenvalue weighted by molar-refractivity contribution is 14.1. The van der Waals surface area contributed by atoms with Crippen LogP contribution in [0.1, 0.15) is 20.8 Å². The molecular weight excluding hydrogens is 634 g/mol. The largest absolute Gasteiger partial charge is 0.480 e. The van der Waals surface area contributed by atoms with Crippen molar-refractivity contribution in [1.82, 2.24) is 0 Å². The molecule has 7 heteroatoms. The maximum atomic E-state index is 12.1. The minimum absolute atomic E-state index is 0.108. The first-order chi connectivity index (χ1) is 14.7. The zero-order valence-electron chi connectivity index (χ0n) is 17.4. The van der Waals surface area contributed by atoms with E-state index in [4.69, 9.17) is 14.2 Å². The van der Waals surface area contributed by atoms with Gasteiger partial charge in [-0.2, -0.15) is 0 Å². The Morgan fingerprint density at radius 2 is 1.45 bits per heavy atom. The third-order valence-corrected chi connectivity index (χ3v) is 9.59. The molecule has 4 nitrogen and oxygen atoms in total. The normalized spacial score (nSPS) is 13.1. The van der Waals surface area contributed by atoms with Gasteiger partial charge in [0.1, 0.15) is 31.6 Å². The fraction of sp³-hybridized carbons (Fsp3) is 0.208. The minimum atomic E-state index is -1.71. The molecule has 0 N–H and O–H groups in total. The summed E-state index contributed by atoms with van der Waals surface area (Å²) in [6.45, 7) is 5.44. The second-order valence-electron chi connectivity index (χ2n) is 8.30. The van der Waals surface area contributed by atoms with Crippen LogP contribution in [0.5, 0.6) is 17.2 Å². The lowest BCUT2D eigenvalue weighted by atomic mass is 10.2. The summed E-state index contributed by atoms with van der Waals surface area (Å²) in [6.07, 6.45) is 0. The lowest BCUT2D eigenvalue weighted by molar-refractivity contribution is -0.157. The first-order valence-electron chi connectivity index (χ1n) is 9.92. The van der Waals surface area contributed by atoms with E-state index in [9.17, 15) is 4.79 Å². The number of carbonyl (C=O) groups excluding carboxylic acids is 1. The molecule has 1 heterocycles. The quantitative estimate of drug-likeness (QED) is 0.190. The van der Waals surface area contributed by atoms with Crippen LogP contribution < -0.4 is 25.0 Å². The van der Waals surface area contributed by atoms with E-state index in [1.807, 2.05) is 45.0 Å². The summed E-state index contributed by atoms with van der Waals surface area (Å²) in [5.41, 5.74) is -0.528. The highest BCUT2D eigenvalue weighted by Crippen LogP contribution is 2.29. The molecule has 0 saturated heterocycles. The maximum Gasteiger partial charge on any atom is 0.344 e. The topological polar surface area (TPSA) is 44.8 Å². The van der Waals surface area contributed by atoms with E-state index in [1.165, 1.54) is 15.6 Å². The fourth-order valence-corrected chi connectivity index (χ4v) is 9.67. The predicted molar refractivity (Wildman–Crippen MR) is 142 cm³/mol. The number of fused-ring (bicyclic) bond motifs is 2. The molecule has 4 rings (SSSR count). The Kier molecular flexibility index (Phi) is 6.64. The van der Waals surface area contributed by atoms with Crippen LogP contribution in [0.4, 0.5) is 0 Å². The van der Waals surface area contributed by atoms with Crippen molar-refractivity contribution in [3.05, 3.63) is 67.8 Å². The molecule has 0 radical (unpaired) electrons. The van der Waals surface area contributed by atoms with Gasteiger partial charge in [-0.25, -0.2) is 4.79 Å². The Labute approximate surface area is 211 Å². The predicted octanol–water partition coefficient (Wildman–Crippen LogP) is 3.97. The van der Waals surface area contributed by atoms with Crippen LogP contribution in [0.25, 0.3) is 0 Å². The molecule has 0 unspecified atom stereocenters. The van der Waals surface area contributed by atoms with Crippen molar-refractivity contribution in [3.8, 4) is 17.2 Å². The van der Waals surface area contributed by atoms with E-state index >= 15 is 0 Å². The number of para-hydroxylation sites is 2. The molecule has 3 aromatic rings. The Morgan fingerprint density at radius 3 is 1.97 bits per heavy atom. The van der Waals surface area contributed by atoms with Crippen LogP contribution in [-0.4, -0.2) is 27.0 Å². The highest BCUT2D eigenvalue weighted by atomic mass is 127.